The highest BCUT2D eigenvalue weighted by Crippen LogP contribution is 2.18. The minimum Gasteiger partial charge on any atom is -0.497 e. The maximum atomic E-state index is 12.2. The molecule has 0 aliphatic carbocycles. The van der Waals surface area contributed by atoms with Crippen molar-refractivity contribution in [3.63, 3.8) is 0 Å². The Morgan fingerprint density at radius 2 is 1.96 bits per heavy atom. The zero-order valence-corrected chi connectivity index (χ0v) is 14.6. The average molecular weight is 339 g/mol. The van der Waals surface area contributed by atoms with E-state index in [1.54, 1.807) is 19.1 Å². The quantitative estimate of drug-likeness (QED) is 0.713. The average Bonchev–Trinajstić information content (AvgIpc) is 2.91. The van der Waals surface area contributed by atoms with Crippen LogP contribution in [-0.4, -0.2) is 50.9 Å². The molecule has 1 aromatic rings. The van der Waals surface area contributed by atoms with E-state index in [4.69, 9.17) is 4.74 Å². The molecule has 1 saturated heterocycles. The number of ether oxygens (including phenoxy) is 1. The molecule has 1 heterocycles. The molecule has 1 aliphatic heterocycles. The summed E-state index contributed by atoms with van der Waals surface area (Å²) in [6.45, 7) is 0. The Morgan fingerprint density at radius 3 is 2.52 bits per heavy atom. The molecule has 1 unspecified atom stereocenters. The van der Waals surface area contributed by atoms with Gasteiger partial charge >= 0.3 is 0 Å². The molecule has 1 aromatic carbocycles. The molecule has 0 saturated carbocycles. The van der Waals surface area contributed by atoms with E-state index in [1.165, 1.54) is 5.56 Å². The molecule has 128 valence electrons. The summed E-state index contributed by atoms with van der Waals surface area (Å²) < 4.78 is 28.1. The zero-order chi connectivity index (χ0) is 16.9. The van der Waals surface area contributed by atoms with E-state index in [9.17, 15) is 13.2 Å². The molecule has 1 fully saturated rings. The highest BCUT2D eigenvalue weighted by atomic mass is 32.2. The van der Waals surface area contributed by atoms with Gasteiger partial charge in [0.25, 0.3) is 0 Å². The van der Waals surface area contributed by atoms with Crippen LogP contribution in [0, 0.1) is 0 Å². The Morgan fingerprint density at radius 1 is 1.26 bits per heavy atom. The lowest BCUT2D eigenvalue weighted by Crippen LogP contribution is -2.37. The fourth-order valence-electron chi connectivity index (χ4n) is 2.86. The third kappa shape index (κ3) is 5.23. The van der Waals surface area contributed by atoms with Crippen LogP contribution >= 0.6 is 0 Å². The van der Waals surface area contributed by atoms with Crippen molar-refractivity contribution in [3.05, 3.63) is 29.8 Å². The third-order valence-corrected chi connectivity index (χ3v) is 6.17. The van der Waals surface area contributed by atoms with Gasteiger partial charge in [0.2, 0.25) is 5.91 Å². The first-order chi connectivity index (χ1) is 10.9. The fourth-order valence-corrected chi connectivity index (χ4v) is 4.63. The van der Waals surface area contributed by atoms with Gasteiger partial charge in [0.1, 0.15) is 5.75 Å². The third-order valence-electron chi connectivity index (χ3n) is 4.41. The van der Waals surface area contributed by atoms with Crippen LogP contribution in [0.5, 0.6) is 5.75 Å². The van der Waals surface area contributed by atoms with Crippen molar-refractivity contribution in [3.8, 4) is 5.75 Å². The SMILES string of the molecule is COc1ccc(CCCCC(=O)N(C)C2CCS(=O)(=O)C2)cc1. The van der Waals surface area contributed by atoms with Crippen LogP contribution in [0.25, 0.3) is 0 Å². The number of rotatable bonds is 7. The predicted octanol–water partition coefficient (Wildman–Crippen LogP) is 2.05. The lowest BCUT2D eigenvalue weighted by molar-refractivity contribution is -0.131. The Labute approximate surface area is 138 Å². The smallest absolute Gasteiger partial charge is 0.222 e. The predicted molar refractivity (Wildman–Crippen MR) is 90.4 cm³/mol. The molecule has 0 aromatic heterocycles. The first-order valence-corrected chi connectivity index (χ1v) is 9.82. The topological polar surface area (TPSA) is 63.7 Å². The van der Waals surface area contributed by atoms with Gasteiger partial charge in [-0.1, -0.05) is 12.1 Å². The molecule has 0 spiro atoms. The monoisotopic (exact) mass is 339 g/mol. The normalized spacial score (nSPS) is 19.5. The van der Waals surface area contributed by atoms with Gasteiger partial charge in [-0.05, 0) is 43.4 Å². The van der Waals surface area contributed by atoms with Crippen LogP contribution in [-0.2, 0) is 21.1 Å². The Balaban J connectivity index is 1.70. The molecule has 0 radical (unpaired) electrons. The summed E-state index contributed by atoms with van der Waals surface area (Å²) in [4.78, 5) is 13.8. The highest BCUT2D eigenvalue weighted by Gasteiger charge is 2.32. The summed E-state index contributed by atoms with van der Waals surface area (Å²) in [6, 6.07) is 7.81. The number of carbonyl (C=O) groups excluding carboxylic acids is 1. The van der Waals surface area contributed by atoms with E-state index >= 15 is 0 Å². The van der Waals surface area contributed by atoms with Crippen LogP contribution in [0.15, 0.2) is 24.3 Å². The highest BCUT2D eigenvalue weighted by molar-refractivity contribution is 7.91. The van der Waals surface area contributed by atoms with Crippen molar-refractivity contribution in [2.45, 2.75) is 38.1 Å². The molecule has 6 heteroatoms. The van der Waals surface area contributed by atoms with Gasteiger partial charge in [-0.25, -0.2) is 8.42 Å². The largest absolute Gasteiger partial charge is 0.497 e. The van der Waals surface area contributed by atoms with Crippen LogP contribution in [0.2, 0.25) is 0 Å². The molecule has 5 nitrogen and oxygen atoms in total. The Bertz CT molecular complexity index is 624. The van der Waals surface area contributed by atoms with Crippen LogP contribution in [0.3, 0.4) is 0 Å². The fraction of sp³-hybridized carbons (Fsp3) is 0.588. The number of nitrogens with zero attached hydrogens (tertiary/aromatic N) is 1. The van der Waals surface area contributed by atoms with Crippen molar-refractivity contribution >= 4 is 15.7 Å². The number of methoxy groups -OCH3 is 1. The first kappa shape index (κ1) is 17.8. The van der Waals surface area contributed by atoms with Gasteiger partial charge in [-0.3, -0.25) is 4.79 Å². The van der Waals surface area contributed by atoms with Gasteiger partial charge in [0.05, 0.1) is 18.6 Å². The number of unbranched alkanes of at least 4 members (excludes halogenated alkanes) is 1. The number of hydrogen-bond acceptors (Lipinski definition) is 4. The van der Waals surface area contributed by atoms with Gasteiger partial charge in [0.15, 0.2) is 9.84 Å². The molecule has 0 bridgehead atoms. The van der Waals surface area contributed by atoms with E-state index in [0.717, 1.165) is 25.0 Å². The summed E-state index contributed by atoms with van der Waals surface area (Å²) in [5, 5.41) is 0. The molecular formula is C17H25NO4S. The van der Waals surface area contributed by atoms with E-state index in [-0.39, 0.29) is 23.5 Å². The maximum Gasteiger partial charge on any atom is 0.222 e. The molecule has 0 N–H and O–H groups in total. The van der Waals surface area contributed by atoms with Crippen LogP contribution in [0.4, 0.5) is 0 Å². The Kier molecular flexibility index (Phi) is 6.04. The first-order valence-electron chi connectivity index (χ1n) is 8.00. The van der Waals surface area contributed by atoms with Gasteiger partial charge in [0, 0.05) is 19.5 Å². The van der Waals surface area contributed by atoms with Gasteiger partial charge < -0.3 is 9.64 Å². The summed E-state index contributed by atoms with van der Waals surface area (Å²) in [7, 11) is 0.420. The number of carbonyl (C=O) groups is 1. The summed E-state index contributed by atoms with van der Waals surface area (Å²) in [5.74, 6) is 1.20. The van der Waals surface area contributed by atoms with Crippen molar-refractivity contribution in [1.82, 2.24) is 4.90 Å². The molecular weight excluding hydrogens is 314 g/mol. The van der Waals surface area contributed by atoms with Crippen molar-refractivity contribution < 1.29 is 17.9 Å². The lowest BCUT2D eigenvalue weighted by atomic mass is 10.1. The standard InChI is InChI=1S/C17H25NO4S/c1-18(15-11-12-23(20,21)13-15)17(19)6-4-3-5-14-7-9-16(22-2)10-8-14/h7-10,15H,3-6,11-13H2,1-2H3. The number of sulfone groups is 1. The number of amides is 1. The number of benzene rings is 1. The van der Waals surface area contributed by atoms with Crippen molar-refractivity contribution in [2.75, 3.05) is 25.7 Å². The van der Waals surface area contributed by atoms with E-state index in [2.05, 4.69) is 0 Å². The molecule has 2 rings (SSSR count). The van der Waals surface area contributed by atoms with Gasteiger partial charge in [-0.2, -0.15) is 0 Å². The second-order valence-corrected chi connectivity index (χ2v) is 8.35. The van der Waals surface area contributed by atoms with E-state index in [1.807, 2.05) is 24.3 Å². The summed E-state index contributed by atoms with van der Waals surface area (Å²) >= 11 is 0. The summed E-state index contributed by atoms with van der Waals surface area (Å²) in [5.41, 5.74) is 1.23. The van der Waals surface area contributed by atoms with E-state index in [0.29, 0.717) is 12.8 Å². The molecule has 1 atom stereocenters. The van der Waals surface area contributed by atoms with Crippen molar-refractivity contribution in [2.24, 2.45) is 0 Å². The molecule has 1 aliphatic rings. The number of hydrogen-bond donors (Lipinski definition) is 0. The van der Waals surface area contributed by atoms with Gasteiger partial charge in [-0.15, -0.1) is 0 Å². The maximum absolute atomic E-state index is 12.2. The minimum absolute atomic E-state index is 0.0434. The van der Waals surface area contributed by atoms with Crippen LogP contribution < -0.4 is 4.74 Å². The zero-order valence-electron chi connectivity index (χ0n) is 13.8. The Hall–Kier alpha value is -1.56. The van der Waals surface area contributed by atoms with E-state index < -0.39 is 9.84 Å². The second kappa shape index (κ2) is 7.81. The lowest BCUT2D eigenvalue weighted by Gasteiger charge is -2.23. The van der Waals surface area contributed by atoms with Crippen molar-refractivity contribution in [1.29, 1.82) is 0 Å². The minimum atomic E-state index is -2.95. The number of aryl methyl sites for hydroxylation is 1. The van der Waals surface area contributed by atoms with Crippen LogP contribution in [0.1, 0.15) is 31.2 Å². The molecule has 1 amide bonds. The molecule has 23 heavy (non-hydrogen) atoms. The summed E-state index contributed by atoms with van der Waals surface area (Å²) in [6.07, 6.45) is 3.72. The second-order valence-electron chi connectivity index (χ2n) is 6.12.